The standard InChI is InChI=1S/C38H30N2OS2/c1-37(2)28-18-12-11-17-27(28)34(41)30(37)20-26-21-31-35(42-26)32-36(43-31)33-29(38(32,3)4)19-25(22-39-33)40(23-13-7-5-8-14-23)24-15-9-6-10-16-24/h5-22H,1-4H3/b30-20+. The minimum absolute atomic E-state index is 0.147. The quantitative estimate of drug-likeness (QED) is 0.190. The number of hydrogen-bond acceptors (Lipinski definition) is 5. The van der Waals surface area contributed by atoms with Gasteiger partial charge in [0, 0.05) is 48.5 Å². The number of ketones is 1. The van der Waals surface area contributed by atoms with E-state index in [4.69, 9.17) is 4.98 Å². The molecule has 3 aromatic carbocycles. The highest BCUT2D eigenvalue weighted by Crippen LogP contribution is 2.57. The first-order chi connectivity index (χ1) is 20.7. The van der Waals surface area contributed by atoms with Crippen LogP contribution in [0.4, 0.5) is 17.1 Å². The molecule has 0 radical (unpaired) electrons. The highest BCUT2D eigenvalue weighted by molar-refractivity contribution is 7.30. The molecule has 2 aliphatic carbocycles. The van der Waals surface area contributed by atoms with Crippen molar-refractivity contribution in [2.24, 2.45) is 0 Å². The molecule has 3 aromatic heterocycles. The van der Waals surface area contributed by atoms with Gasteiger partial charge in [-0.1, -0.05) is 88.4 Å². The van der Waals surface area contributed by atoms with Crippen LogP contribution in [0.5, 0.6) is 0 Å². The van der Waals surface area contributed by atoms with E-state index in [9.17, 15) is 4.79 Å². The maximum atomic E-state index is 13.4. The fraction of sp³-hybridized carbons (Fsp3) is 0.158. The largest absolute Gasteiger partial charge is 0.309 e. The van der Waals surface area contributed by atoms with Crippen LogP contribution in [0.25, 0.3) is 26.0 Å². The van der Waals surface area contributed by atoms with Crippen molar-refractivity contribution in [3.63, 3.8) is 0 Å². The Hall–Kier alpha value is -4.32. The molecule has 2 aliphatic rings. The number of benzene rings is 3. The molecule has 0 amide bonds. The van der Waals surface area contributed by atoms with Crippen molar-refractivity contribution < 1.29 is 4.79 Å². The average molecular weight is 595 g/mol. The number of carbonyl (C=O) groups is 1. The highest BCUT2D eigenvalue weighted by atomic mass is 32.1. The predicted molar refractivity (Wildman–Crippen MR) is 182 cm³/mol. The van der Waals surface area contributed by atoms with Gasteiger partial charge in [-0.15, -0.1) is 22.7 Å². The van der Waals surface area contributed by atoms with Crippen LogP contribution in [0.2, 0.25) is 0 Å². The maximum Gasteiger partial charge on any atom is 0.190 e. The lowest BCUT2D eigenvalue weighted by atomic mass is 9.82. The predicted octanol–water partition coefficient (Wildman–Crippen LogP) is 10.7. The number of allylic oxidation sites excluding steroid dienone is 1. The number of nitrogens with zero attached hydrogens (tertiary/aromatic N) is 2. The average Bonchev–Trinajstić information content (AvgIpc) is 3.68. The van der Waals surface area contributed by atoms with Crippen molar-refractivity contribution >= 4 is 61.0 Å². The van der Waals surface area contributed by atoms with Gasteiger partial charge in [0.2, 0.25) is 0 Å². The monoisotopic (exact) mass is 594 g/mol. The lowest BCUT2D eigenvalue weighted by Gasteiger charge is -2.27. The van der Waals surface area contributed by atoms with Crippen molar-refractivity contribution in [2.75, 3.05) is 4.90 Å². The van der Waals surface area contributed by atoms with Crippen molar-refractivity contribution in [3.8, 4) is 10.6 Å². The van der Waals surface area contributed by atoms with Gasteiger partial charge in [-0.3, -0.25) is 9.78 Å². The molecular weight excluding hydrogens is 565 g/mol. The summed E-state index contributed by atoms with van der Waals surface area (Å²) >= 11 is 3.62. The zero-order valence-corrected chi connectivity index (χ0v) is 26.1. The van der Waals surface area contributed by atoms with Crippen molar-refractivity contribution in [1.29, 1.82) is 0 Å². The van der Waals surface area contributed by atoms with Crippen LogP contribution in [0, 0.1) is 0 Å². The van der Waals surface area contributed by atoms with Gasteiger partial charge in [-0.25, -0.2) is 0 Å². The Morgan fingerprint density at radius 2 is 1.37 bits per heavy atom. The molecule has 5 heteroatoms. The van der Waals surface area contributed by atoms with Crippen molar-refractivity contribution in [3.05, 3.63) is 136 Å². The van der Waals surface area contributed by atoms with E-state index < -0.39 is 0 Å². The Balaban J connectivity index is 1.21. The molecule has 3 heterocycles. The summed E-state index contributed by atoms with van der Waals surface area (Å²) in [6.07, 6.45) is 4.15. The van der Waals surface area contributed by atoms with Crippen molar-refractivity contribution in [2.45, 2.75) is 38.5 Å². The smallest absolute Gasteiger partial charge is 0.190 e. The number of fused-ring (bicyclic) bond motifs is 6. The molecule has 0 N–H and O–H groups in total. The van der Waals surface area contributed by atoms with Gasteiger partial charge in [0.1, 0.15) is 0 Å². The summed E-state index contributed by atoms with van der Waals surface area (Å²) in [5.74, 6) is 0.147. The number of rotatable bonds is 4. The molecular formula is C38H30N2OS2. The Bertz CT molecular complexity index is 2060. The molecule has 0 saturated heterocycles. The highest BCUT2D eigenvalue weighted by Gasteiger charge is 2.42. The summed E-state index contributed by atoms with van der Waals surface area (Å²) in [6, 6.07) is 33.6. The van der Waals surface area contributed by atoms with Crippen LogP contribution < -0.4 is 4.90 Å². The third-order valence-corrected chi connectivity index (χ3v) is 11.5. The fourth-order valence-corrected chi connectivity index (χ4v) is 9.79. The summed E-state index contributed by atoms with van der Waals surface area (Å²) in [5.41, 5.74) is 9.24. The van der Waals surface area contributed by atoms with Crippen LogP contribution in [-0.4, -0.2) is 10.8 Å². The van der Waals surface area contributed by atoms with Crippen LogP contribution in [-0.2, 0) is 10.8 Å². The summed E-state index contributed by atoms with van der Waals surface area (Å²) in [7, 11) is 0. The SMILES string of the molecule is CC1(C)/C(=C/c2cc3sc4c(c3s2)C(C)(C)c2cc(N(c3ccccc3)c3ccccc3)cnc2-4)C(=O)c2ccccc21. The number of para-hydroxylation sites is 2. The number of anilines is 3. The number of thiophene rings is 2. The summed E-state index contributed by atoms with van der Waals surface area (Å²) in [4.78, 5) is 23.2. The second kappa shape index (κ2) is 9.34. The third-order valence-electron chi connectivity index (χ3n) is 9.11. The molecule has 0 aliphatic heterocycles. The zero-order chi connectivity index (χ0) is 29.5. The molecule has 0 fully saturated rings. The molecule has 8 rings (SSSR count). The van der Waals surface area contributed by atoms with E-state index in [2.05, 4.69) is 105 Å². The molecule has 0 spiro atoms. The first kappa shape index (κ1) is 26.3. The molecule has 6 aromatic rings. The Kier molecular flexibility index (Phi) is 5.72. The lowest BCUT2D eigenvalue weighted by molar-refractivity contribution is 0.103. The Morgan fingerprint density at radius 3 is 2.05 bits per heavy atom. The van der Waals surface area contributed by atoms with E-state index in [1.165, 1.54) is 25.4 Å². The lowest BCUT2D eigenvalue weighted by Crippen LogP contribution is -2.17. The second-order valence-electron chi connectivity index (χ2n) is 12.4. The summed E-state index contributed by atoms with van der Waals surface area (Å²) in [5, 5.41) is 0. The number of Topliss-reactive ketones (excluding diaryl/α,β-unsaturated/α-hetero) is 1. The molecule has 210 valence electrons. The van der Waals surface area contributed by atoms with Crippen LogP contribution in [0.1, 0.15) is 59.6 Å². The molecule has 0 atom stereocenters. The number of carbonyl (C=O) groups excluding carboxylic acids is 1. The first-order valence-corrected chi connectivity index (χ1v) is 16.2. The van der Waals surface area contributed by atoms with E-state index in [0.29, 0.717) is 0 Å². The molecule has 0 saturated carbocycles. The normalized spacial score (nSPS) is 16.8. The van der Waals surface area contributed by atoms with E-state index in [0.717, 1.165) is 44.3 Å². The van der Waals surface area contributed by atoms with Gasteiger partial charge < -0.3 is 4.90 Å². The number of hydrogen-bond donors (Lipinski definition) is 0. The van der Waals surface area contributed by atoms with Gasteiger partial charge >= 0.3 is 0 Å². The molecule has 3 nitrogen and oxygen atoms in total. The van der Waals surface area contributed by atoms with E-state index in [1.807, 2.05) is 47.9 Å². The van der Waals surface area contributed by atoms with E-state index >= 15 is 0 Å². The minimum Gasteiger partial charge on any atom is -0.309 e. The molecule has 0 bridgehead atoms. The summed E-state index contributed by atoms with van der Waals surface area (Å²) < 4.78 is 2.57. The maximum absolute atomic E-state index is 13.4. The van der Waals surface area contributed by atoms with Gasteiger partial charge in [-0.05, 0) is 53.6 Å². The number of aromatic nitrogens is 1. The fourth-order valence-electron chi connectivity index (χ4n) is 6.87. The van der Waals surface area contributed by atoms with Gasteiger partial charge in [0.25, 0.3) is 0 Å². The van der Waals surface area contributed by atoms with Crippen LogP contribution >= 0.6 is 22.7 Å². The first-order valence-electron chi connectivity index (χ1n) is 14.6. The van der Waals surface area contributed by atoms with Gasteiger partial charge in [-0.2, -0.15) is 0 Å². The second-order valence-corrected chi connectivity index (χ2v) is 14.6. The number of pyridine rings is 1. The van der Waals surface area contributed by atoms with Crippen molar-refractivity contribution in [1.82, 2.24) is 4.98 Å². The Labute approximate surface area is 259 Å². The topological polar surface area (TPSA) is 33.2 Å². The molecule has 43 heavy (non-hydrogen) atoms. The summed E-state index contributed by atoms with van der Waals surface area (Å²) in [6.45, 7) is 8.96. The van der Waals surface area contributed by atoms with Crippen LogP contribution in [0.15, 0.2) is 109 Å². The van der Waals surface area contributed by atoms with E-state index in [1.54, 1.807) is 11.3 Å². The minimum atomic E-state index is -0.313. The zero-order valence-electron chi connectivity index (χ0n) is 24.5. The molecule has 0 unspecified atom stereocenters. The van der Waals surface area contributed by atoms with Gasteiger partial charge in [0.15, 0.2) is 5.78 Å². The van der Waals surface area contributed by atoms with E-state index in [-0.39, 0.29) is 16.6 Å². The Morgan fingerprint density at radius 1 is 0.721 bits per heavy atom. The third kappa shape index (κ3) is 3.85. The van der Waals surface area contributed by atoms with Gasteiger partial charge in [0.05, 0.1) is 27.2 Å². The van der Waals surface area contributed by atoms with Crippen LogP contribution in [0.3, 0.4) is 0 Å².